The molecule has 1 N–H and O–H groups in total. The zero-order valence-electron chi connectivity index (χ0n) is 11.4. The lowest BCUT2D eigenvalue weighted by Crippen LogP contribution is -2.41. The molecule has 104 valence electrons. The summed E-state index contributed by atoms with van der Waals surface area (Å²) in [6.45, 7) is 3.04. The van der Waals surface area contributed by atoms with E-state index in [1.54, 1.807) is 6.92 Å². The fourth-order valence-electron chi connectivity index (χ4n) is 2.57. The van der Waals surface area contributed by atoms with Gasteiger partial charge < -0.3 is 9.52 Å². The van der Waals surface area contributed by atoms with Gasteiger partial charge in [-0.3, -0.25) is 9.69 Å². The van der Waals surface area contributed by atoms with Crippen LogP contribution in [0.3, 0.4) is 0 Å². The van der Waals surface area contributed by atoms with Gasteiger partial charge in [-0.1, -0.05) is 30.3 Å². The Balaban J connectivity index is 1.85. The van der Waals surface area contributed by atoms with Crippen LogP contribution in [0.15, 0.2) is 40.8 Å². The van der Waals surface area contributed by atoms with Gasteiger partial charge in [0.25, 0.3) is 0 Å². The van der Waals surface area contributed by atoms with Crippen LogP contribution in [0, 0.1) is 0 Å². The number of hydrogen-bond donors (Lipinski definition) is 1. The molecule has 3 rings (SSSR count). The highest BCUT2D eigenvalue weighted by molar-refractivity contribution is 5.73. The maximum atomic E-state index is 11.1. The van der Waals surface area contributed by atoms with E-state index in [0.29, 0.717) is 6.54 Å². The van der Waals surface area contributed by atoms with Crippen molar-refractivity contribution in [2.24, 2.45) is 0 Å². The van der Waals surface area contributed by atoms with E-state index in [1.165, 1.54) is 5.56 Å². The number of hydrogen-bond acceptors (Lipinski definition) is 3. The number of nitrogens with zero attached hydrogens (tertiary/aromatic N) is 1. The summed E-state index contributed by atoms with van der Waals surface area (Å²) in [5.41, 5.74) is 2.25. The maximum absolute atomic E-state index is 11.1. The van der Waals surface area contributed by atoms with Gasteiger partial charge in [-0.25, -0.2) is 0 Å². The molecule has 1 atom stereocenters. The highest BCUT2D eigenvalue weighted by Gasteiger charge is 2.27. The number of fused-ring (bicyclic) bond motifs is 1. The number of aliphatic carboxylic acids is 1. The zero-order valence-corrected chi connectivity index (χ0v) is 11.4. The van der Waals surface area contributed by atoms with Gasteiger partial charge in [-0.05, 0) is 25.0 Å². The molecular weight excluding hydrogens is 254 g/mol. The molecule has 1 aromatic heterocycles. The summed E-state index contributed by atoms with van der Waals surface area (Å²) in [7, 11) is 0. The Kier molecular flexibility index (Phi) is 3.32. The van der Waals surface area contributed by atoms with Gasteiger partial charge in [-0.15, -0.1) is 0 Å². The molecule has 20 heavy (non-hydrogen) atoms. The quantitative estimate of drug-likeness (QED) is 0.932. The Hall–Kier alpha value is -2.07. The molecule has 4 nitrogen and oxygen atoms in total. The lowest BCUT2D eigenvalue weighted by Gasteiger charge is -2.28. The largest absolute Gasteiger partial charge is 0.480 e. The number of carbonyl (C=O) groups is 1. The third-order valence-electron chi connectivity index (χ3n) is 3.88. The Bertz CT molecular complexity index is 618. The third kappa shape index (κ3) is 2.34. The smallest absolute Gasteiger partial charge is 0.320 e. The summed E-state index contributed by atoms with van der Waals surface area (Å²) in [6, 6.07) is 11.6. The van der Waals surface area contributed by atoms with Crippen LogP contribution in [0.1, 0.15) is 18.2 Å². The normalized spacial score (nSPS) is 16.6. The summed E-state index contributed by atoms with van der Waals surface area (Å²) in [6.07, 6.45) is 0.837. The first-order chi connectivity index (χ1) is 9.65. The summed E-state index contributed by atoms with van der Waals surface area (Å²) in [5, 5.41) is 9.09. The number of furan rings is 1. The molecule has 2 aromatic rings. The molecule has 0 fully saturated rings. The number of carboxylic acids is 1. The lowest BCUT2D eigenvalue weighted by molar-refractivity contribution is -0.143. The maximum Gasteiger partial charge on any atom is 0.320 e. The van der Waals surface area contributed by atoms with Crippen LogP contribution in [-0.4, -0.2) is 28.6 Å². The topological polar surface area (TPSA) is 53.7 Å². The molecule has 0 saturated carbocycles. The van der Waals surface area contributed by atoms with E-state index < -0.39 is 12.0 Å². The number of carboxylic acid groups (broad SMARTS) is 1. The Morgan fingerprint density at radius 3 is 2.80 bits per heavy atom. The van der Waals surface area contributed by atoms with Crippen molar-refractivity contribution in [1.29, 1.82) is 0 Å². The SMILES string of the molecule is C[C@@H](C(=O)O)N1CCc2cc(-c3ccccc3)oc2C1. The minimum Gasteiger partial charge on any atom is -0.480 e. The van der Waals surface area contributed by atoms with Crippen LogP contribution in [-0.2, 0) is 17.8 Å². The highest BCUT2D eigenvalue weighted by Crippen LogP contribution is 2.29. The van der Waals surface area contributed by atoms with Crippen molar-refractivity contribution in [2.75, 3.05) is 6.54 Å². The van der Waals surface area contributed by atoms with Gasteiger partial charge in [0.1, 0.15) is 17.6 Å². The molecule has 4 heteroatoms. The predicted octanol–water partition coefficient (Wildman–Crippen LogP) is 2.78. The minimum atomic E-state index is -0.789. The second kappa shape index (κ2) is 5.13. The predicted molar refractivity (Wildman–Crippen MR) is 75.4 cm³/mol. The van der Waals surface area contributed by atoms with E-state index >= 15 is 0 Å². The first-order valence-corrected chi connectivity index (χ1v) is 6.79. The van der Waals surface area contributed by atoms with Crippen LogP contribution in [0.5, 0.6) is 0 Å². The van der Waals surface area contributed by atoms with Gasteiger partial charge >= 0.3 is 5.97 Å². The van der Waals surface area contributed by atoms with E-state index in [4.69, 9.17) is 9.52 Å². The molecule has 0 spiro atoms. The third-order valence-corrected chi connectivity index (χ3v) is 3.88. The second-order valence-corrected chi connectivity index (χ2v) is 5.16. The summed E-state index contributed by atoms with van der Waals surface area (Å²) in [5.74, 6) is 0.965. The molecule has 0 bridgehead atoms. The zero-order chi connectivity index (χ0) is 14.1. The molecule has 2 heterocycles. The monoisotopic (exact) mass is 271 g/mol. The van der Waals surface area contributed by atoms with Gasteiger partial charge in [0, 0.05) is 12.1 Å². The van der Waals surface area contributed by atoms with Crippen molar-refractivity contribution in [3.63, 3.8) is 0 Å². The first kappa shape index (κ1) is 12.9. The van der Waals surface area contributed by atoms with Crippen molar-refractivity contribution in [2.45, 2.75) is 25.9 Å². The molecule has 0 amide bonds. The summed E-state index contributed by atoms with van der Waals surface area (Å²) in [4.78, 5) is 13.0. The average molecular weight is 271 g/mol. The van der Waals surface area contributed by atoms with Gasteiger partial charge in [-0.2, -0.15) is 0 Å². The van der Waals surface area contributed by atoms with Crippen LogP contribution in [0.4, 0.5) is 0 Å². The van der Waals surface area contributed by atoms with Crippen LogP contribution >= 0.6 is 0 Å². The molecule has 0 saturated heterocycles. The molecule has 0 unspecified atom stereocenters. The standard InChI is InChI=1S/C16H17NO3/c1-11(16(18)19)17-8-7-13-9-14(20-15(13)10-17)12-5-3-2-4-6-12/h2-6,9,11H,7-8,10H2,1H3,(H,18,19)/t11-/m0/s1. The van der Waals surface area contributed by atoms with E-state index in [-0.39, 0.29) is 0 Å². The van der Waals surface area contributed by atoms with Crippen molar-refractivity contribution in [1.82, 2.24) is 4.90 Å². The van der Waals surface area contributed by atoms with E-state index in [9.17, 15) is 4.79 Å². The molecule has 1 aliphatic rings. The molecule has 0 aliphatic carbocycles. The highest BCUT2D eigenvalue weighted by atomic mass is 16.4. The van der Waals surface area contributed by atoms with Crippen molar-refractivity contribution < 1.29 is 14.3 Å². The van der Waals surface area contributed by atoms with Crippen molar-refractivity contribution >= 4 is 5.97 Å². The fraction of sp³-hybridized carbons (Fsp3) is 0.312. The second-order valence-electron chi connectivity index (χ2n) is 5.16. The number of rotatable bonds is 3. The minimum absolute atomic E-state index is 0.478. The van der Waals surface area contributed by atoms with Gasteiger partial charge in [0.05, 0.1) is 6.54 Å². The van der Waals surface area contributed by atoms with E-state index in [2.05, 4.69) is 6.07 Å². The van der Waals surface area contributed by atoms with Crippen LogP contribution < -0.4 is 0 Å². The molecule has 1 aromatic carbocycles. The number of benzene rings is 1. The Morgan fingerprint density at radius 1 is 1.35 bits per heavy atom. The van der Waals surface area contributed by atoms with Crippen LogP contribution in [0.25, 0.3) is 11.3 Å². The molecular formula is C16H17NO3. The van der Waals surface area contributed by atoms with Crippen molar-refractivity contribution in [3.05, 3.63) is 47.7 Å². The summed E-state index contributed by atoms with van der Waals surface area (Å²) < 4.78 is 5.92. The molecule has 0 radical (unpaired) electrons. The Morgan fingerprint density at radius 2 is 2.10 bits per heavy atom. The van der Waals surface area contributed by atoms with Crippen molar-refractivity contribution in [3.8, 4) is 11.3 Å². The molecule has 1 aliphatic heterocycles. The Labute approximate surface area is 117 Å². The van der Waals surface area contributed by atoms with E-state index in [1.807, 2.05) is 35.2 Å². The fourth-order valence-corrected chi connectivity index (χ4v) is 2.57. The van der Waals surface area contributed by atoms with Gasteiger partial charge in [0.15, 0.2) is 0 Å². The lowest BCUT2D eigenvalue weighted by atomic mass is 10.1. The average Bonchev–Trinajstić information content (AvgIpc) is 2.90. The van der Waals surface area contributed by atoms with Gasteiger partial charge in [0.2, 0.25) is 0 Å². The van der Waals surface area contributed by atoms with E-state index in [0.717, 1.165) is 30.0 Å². The van der Waals surface area contributed by atoms with Crippen LogP contribution in [0.2, 0.25) is 0 Å². The summed E-state index contributed by atoms with van der Waals surface area (Å²) >= 11 is 0. The first-order valence-electron chi connectivity index (χ1n) is 6.79.